The summed E-state index contributed by atoms with van der Waals surface area (Å²) in [6, 6.07) is 8.09. The van der Waals surface area contributed by atoms with Crippen molar-refractivity contribution in [1.82, 2.24) is 0 Å². The summed E-state index contributed by atoms with van der Waals surface area (Å²) in [6.45, 7) is 2.92. The van der Waals surface area contributed by atoms with Crippen LogP contribution in [0.5, 0.6) is 0 Å². The van der Waals surface area contributed by atoms with Gasteiger partial charge in [0.15, 0.2) is 0 Å². The van der Waals surface area contributed by atoms with Crippen molar-refractivity contribution in [3.05, 3.63) is 41.2 Å². The molecule has 0 saturated heterocycles. The summed E-state index contributed by atoms with van der Waals surface area (Å²) in [5, 5.41) is 9.47. The van der Waals surface area contributed by atoms with Crippen molar-refractivity contribution in [2.45, 2.75) is 6.92 Å². The lowest BCUT2D eigenvalue weighted by Gasteiger charge is -2.01. The standard InChI is InChI=1S/C11H12O2/c1-8-2-4-9(5-3-8)10-6-13-7-11(10)12/h2-5,12H,6-7H2,1H3. The van der Waals surface area contributed by atoms with Gasteiger partial charge in [-0.25, -0.2) is 0 Å². The van der Waals surface area contributed by atoms with E-state index in [4.69, 9.17) is 4.74 Å². The van der Waals surface area contributed by atoms with Crippen LogP contribution < -0.4 is 0 Å². The number of aliphatic hydroxyl groups excluding tert-OH is 1. The molecule has 1 aliphatic rings. The first kappa shape index (κ1) is 8.32. The molecule has 1 aromatic rings. The normalized spacial score (nSPS) is 16.7. The Bertz CT molecular complexity index is 336. The lowest BCUT2D eigenvalue weighted by Crippen LogP contribution is -1.88. The SMILES string of the molecule is Cc1ccc(C2=C(O)COC2)cc1. The van der Waals surface area contributed by atoms with Crippen molar-refractivity contribution in [2.75, 3.05) is 13.2 Å². The van der Waals surface area contributed by atoms with Crippen LogP contribution in [-0.4, -0.2) is 18.3 Å². The summed E-state index contributed by atoms with van der Waals surface area (Å²) in [5.74, 6) is 0.365. The zero-order valence-electron chi connectivity index (χ0n) is 7.58. The van der Waals surface area contributed by atoms with Crippen molar-refractivity contribution in [3.63, 3.8) is 0 Å². The molecule has 0 spiro atoms. The Kier molecular flexibility index (Phi) is 2.07. The first-order valence-electron chi connectivity index (χ1n) is 4.33. The summed E-state index contributed by atoms with van der Waals surface area (Å²) in [6.07, 6.45) is 0. The van der Waals surface area contributed by atoms with Crippen molar-refractivity contribution in [1.29, 1.82) is 0 Å². The number of ether oxygens (including phenoxy) is 1. The number of hydrogen-bond acceptors (Lipinski definition) is 2. The molecular formula is C11H12O2. The van der Waals surface area contributed by atoms with E-state index >= 15 is 0 Å². The minimum Gasteiger partial charge on any atom is -0.509 e. The quantitative estimate of drug-likeness (QED) is 0.711. The highest BCUT2D eigenvalue weighted by molar-refractivity contribution is 5.69. The second kappa shape index (κ2) is 3.23. The fourth-order valence-electron chi connectivity index (χ4n) is 1.42. The summed E-state index contributed by atoms with van der Waals surface area (Å²) < 4.78 is 5.13. The zero-order valence-corrected chi connectivity index (χ0v) is 7.58. The third-order valence-electron chi connectivity index (χ3n) is 2.23. The van der Waals surface area contributed by atoms with Gasteiger partial charge in [0, 0.05) is 5.57 Å². The Morgan fingerprint density at radius 1 is 1.15 bits per heavy atom. The highest BCUT2D eigenvalue weighted by Gasteiger charge is 2.15. The molecule has 0 amide bonds. The highest BCUT2D eigenvalue weighted by Crippen LogP contribution is 2.23. The Morgan fingerprint density at radius 2 is 1.85 bits per heavy atom. The molecule has 1 N–H and O–H groups in total. The van der Waals surface area contributed by atoms with Gasteiger partial charge in [0.05, 0.1) is 6.61 Å². The van der Waals surface area contributed by atoms with Crippen LogP contribution in [0.3, 0.4) is 0 Å². The Balaban J connectivity index is 2.36. The molecule has 0 radical (unpaired) electrons. The molecule has 1 aliphatic heterocycles. The van der Waals surface area contributed by atoms with Gasteiger partial charge in [-0.2, -0.15) is 0 Å². The Hall–Kier alpha value is -1.28. The van der Waals surface area contributed by atoms with Gasteiger partial charge in [-0.15, -0.1) is 0 Å². The van der Waals surface area contributed by atoms with Gasteiger partial charge in [0.2, 0.25) is 0 Å². The van der Waals surface area contributed by atoms with Gasteiger partial charge >= 0.3 is 0 Å². The van der Waals surface area contributed by atoms with E-state index < -0.39 is 0 Å². The number of aryl methyl sites for hydroxylation is 1. The number of rotatable bonds is 1. The predicted molar refractivity (Wildman–Crippen MR) is 51.5 cm³/mol. The number of aliphatic hydroxyl groups is 1. The van der Waals surface area contributed by atoms with E-state index in [-0.39, 0.29) is 0 Å². The predicted octanol–water partition coefficient (Wildman–Crippen LogP) is 2.29. The van der Waals surface area contributed by atoms with Crippen LogP contribution in [0, 0.1) is 6.92 Å². The van der Waals surface area contributed by atoms with Gasteiger partial charge in [-0.1, -0.05) is 29.8 Å². The third-order valence-corrected chi connectivity index (χ3v) is 2.23. The first-order valence-corrected chi connectivity index (χ1v) is 4.33. The molecule has 13 heavy (non-hydrogen) atoms. The summed E-state index contributed by atoms with van der Waals surface area (Å²) in [5.41, 5.74) is 3.20. The van der Waals surface area contributed by atoms with Crippen molar-refractivity contribution in [2.24, 2.45) is 0 Å². The average molecular weight is 176 g/mol. The minimum absolute atomic E-state index is 0.350. The van der Waals surface area contributed by atoms with Gasteiger partial charge in [0.1, 0.15) is 12.4 Å². The zero-order chi connectivity index (χ0) is 9.26. The fraction of sp³-hybridized carbons (Fsp3) is 0.273. The van der Waals surface area contributed by atoms with E-state index in [1.807, 2.05) is 31.2 Å². The largest absolute Gasteiger partial charge is 0.509 e. The molecule has 1 aromatic carbocycles. The summed E-state index contributed by atoms with van der Waals surface area (Å²) in [4.78, 5) is 0. The molecule has 0 saturated carbocycles. The van der Waals surface area contributed by atoms with Gasteiger partial charge in [-0.3, -0.25) is 0 Å². The molecule has 2 nitrogen and oxygen atoms in total. The smallest absolute Gasteiger partial charge is 0.124 e. The molecule has 0 atom stereocenters. The van der Waals surface area contributed by atoms with E-state index in [1.165, 1.54) is 5.56 Å². The van der Waals surface area contributed by atoms with Crippen LogP contribution in [0.2, 0.25) is 0 Å². The average Bonchev–Trinajstić information content (AvgIpc) is 2.53. The van der Waals surface area contributed by atoms with E-state index in [9.17, 15) is 5.11 Å². The topological polar surface area (TPSA) is 29.5 Å². The first-order chi connectivity index (χ1) is 6.27. The molecule has 68 valence electrons. The lowest BCUT2D eigenvalue weighted by atomic mass is 10.1. The van der Waals surface area contributed by atoms with Crippen molar-refractivity contribution < 1.29 is 9.84 Å². The van der Waals surface area contributed by atoms with E-state index in [0.29, 0.717) is 19.0 Å². The molecule has 0 fully saturated rings. The highest BCUT2D eigenvalue weighted by atomic mass is 16.5. The van der Waals surface area contributed by atoms with Gasteiger partial charge in [-0.05, 0) is 12.5 Å². The second-order valence-electron chi connectivity index (χ2n) is 3.28. The maximum atomic E-state index is 9.47. The molecular weight excluding hydrogens is 164 g/mol. The fourth-order valence-corrected chi connectivity index (χ4v) is 1.42. The maximum Gasteiger partial charge on any atom is 0.124 e. The third kappa shape index (κ3) is 1.58. The van der Waals surface area contributed by atoms with E-state index in [1.54, 1.807) is 0 Å². The van der Waals surface area contributed by atoms with Gasteiger partial charge in [0.25, 0.3) is 0 Å². The molecule has 0 unspecified atom stereocenters. The lowest BCUT2D eigenvalue weighted by molar-refractivity contribution is 0.185. The van der Waals surface area contributed by atoms with Crippen LogP contribution in [0.25, 0.3) is 5.57 Å². The Labute approximate surface area is 77.5 Å². The van der Waals surface area contributed by atoms with Crippen LogP contribution in [0.4, 0.5) is 0 Å². The van der Waals surface area contributed by atoms with Gasteiger partial charge < -0.3 is 9.84 Å². The molecule has 2 rings (SSSR count). The summed E-state index contributed by atoms with van der Waals surface area (Å²) in [7, 11) is 0. The molecule has 0 aliphatic carbocycles. The van der Waals surface area contributed by atoms with Crippen LogP contribution in [-0.2, 0) is 4.74 Å². The van der Waals surface area contributed by atoms with Crippen LogP contribution in [0.15, 0.2) is 30.0 Å². The van der Waals surface area contributed by atoms with E-state index in [2.05, 4.69) is 0 Å². The Morgan fingerprint density at radius 3 is 2.38 bits per heavy atom. The maximum absolute atomic E-state index is 9.47. The number of hydrogen-bond donors (Lipinski definition) is 1. The van der Waals surface area contributed by atoms with Crippen molar-refractivity contribution in [3.8, 4) is 0 Å². The molecule has 0 aromatic heterocycles. The molecule has 1 heterocycles. The van der Waals surface area contributed by atoms with E-state index in [0.717, 1.165) is 11.1 Å². The monoisotopic (exact) mass is 176 g/mol. The minimum atomic E-state index is 0.350. The second-order valence-corrected chi connectivity index (χ2v) is 3.28. The molecule has 0 bridgehead atoms. The van der Waals surface area contributed by atoms with Crippen LogP contribution in [0.1, 0.15) is 11.1 Å². The number of benzene rings is 1. The molecule has 2 heteroatoms. The summed E-state index contributed by atoms with van der Waals surface area (Å²) >= 11 is 0. The van der Waals surface area contributed by atoms with Crippen molar-refractivity contribution >= 4 is 5.57 Å². The van der Waals surface area contributed by atoms with Crippen LogP contribution >= 0.6 is 0 Å².